The Bertz CT molecular complexity index is 1160. The third-order valence-corrected chi connectivity index (χ3v) is 4.43. The summed E-state index contributed by atoms with van der Waals surface area (Å²) in [6, 6.07) is 7.53. The van der Waals surface area contributed by atoms with Gasteiger partial charge in [-0.15, -0.1) is 10.2 Å². The number of nitrogens with two attached hydrogens (primary N) is 1. The number of ketones is 1. The van der Waals surface area contributed by atoms with E-state index in [1.54, 1.807) is 0 Å². The third-order valence-electron chi connectivity index (χ3n) is 4.43. The average molecular weight is 383 g/mol. The van der Waals surface area contributed by atoms with Crippen LogP contribution in [0, 0.1) is 6.92 Å². The Morgan fingerprint density at radius 1 is 1.21 bits per heavy atom. The van der Waals surface area contributed by atoms with Crippen molar-refractivity contribution < 1.29 is 4.79 Å². The van der Waals surface area contributed by atoms with Crippen molar-refractivity contribution in [2.24, 2.45) is 7.05 Å². The fourth-order valence-electron chi connectivity index (χ4n) is 2.93. The van der Waals surface area contributed by atoms with E-state index in [9.17, 15) is 14.4 Å². The maximum absolute atomic E-state index is 12.8. The minimum Gasteiger partial charge on any atom is -0.384 e. The van der Waals surface area contributed by atoms with Crippen molar-refractivity contribution in [3.63, 3.8) is 0 Å². The molecule has 0 amide bonds. The minimum absolute atomic E-state index is 0.140. The first-order valence-corrected chi connectivity index (χ1v) is 8.81. The first-order valence-electron chi connectivity index (χ1n) is 8.81. The van der Waals surface area contributed by atoms with Crippen LogP contribution in [0.2, 0.25) is 0 Å². The van der Waals surface area contributed by atoms with Crippen LogP contribution in [-0.2, 0) is 20.1 Å². The molecule has 0 bridgehead atoms. The van der Waals surface area contributed by atoms with Gasteiger partial charge in [-0.3, -0.25) is 18.7 Å². The van der Waals surface area contributed by atoms with E-state index < -0.39 is 17.0 Å². The topological polar surface area (TPSA) is 131 Å². The minimum atomic E-state index is -0.737. The molecule has 0 aliphatic heterocycles. The van der Waals surface area contributed by atoms with Crippen LogP contribution >= 0.6 is 0 Å². The summed E-state index contributed by atoms with van der Waals surface area (Å²) < 4.78 is 2.11. The molecular weight excluding hydrogens is 362 g/mol. The zero-order chi connectivity index (χ0) is 20.4. The highest BCUT2D eigenvalue weighted by Gasteiger charge is 2.22. The Morgan fingerprint density at radius 2 is 1.93 bits per heavy atom. The van der Waals surface area contributed by atoms with Gasteiger partial charge in [0.2, 0.25) is 5.82 Å². The molecule has 0 aliphatic rings. The monoisotopic (exact) mass is 383 g/mol. The molecule has 10 heteroatoms. The van der Waals surface area contributed by atoms with Crippen LogP contribution in [0.1, 0.15) is 29.3 Å². The Balaban J connectivity index is 1.96. The summed E-state index contributed by atoms with van der Waals surface area (Å²) >= 11 is 0. The van der Waals surface area contributed by atoms with E-state index in [2.05, 4.69) is 15.4 Å². The van der Waals surface area contributed by atoms with E-state index in [4.69, 9.17) is 5.73 Å². The number of aryl methyl sites for hydroxylation is 1. The second-order valence-electron chi connectivity index (χ2n) is 6.44. The van der Waals surface area contributed by atoms with Crippen LogP contribution in [0.25, 0.3) is 11.4 Å². The number of rotatable bonds is 6. The van der Waals surface area contributed by atoms with Crippen LogP contribution in [-0.4, -0.2) is 35.1 Å². The van der Waals surface area contributed by atoms with Crippen LogP contribution in [0.4, 0.5) is 5.82 Å². The molecule has 28 heavy (non-hydrogen) atoms. The lowest BCUT2D eigenvalue weighted by Crippen LogP contribution is -2.43. The van der Waals surface area contributed by atoms with Crippen LogP contribution in [0.5, 0.6) is 0 Å². The Morgan fingerprint density at radius 3 is 2.61 bits per heavy atom. The molecule has 0 atom stereocenters. The molecule has 0 saturated carbocycles. The van der Waals surface area contributed by atoms with Crippen LogP contribution in [0.15, 0.2) is 33.9 Å². The summed E-state index contributed by atoms with van der Waals surface area (Å²) in [5, 5.41) is 12.1. The maximum atomic E-state index is 12.8. The first-order chi connectivity index (χ1) is 13.3. The second-order valence-corrected chi connectivity index (χ2v) is 6.44. The number of hydrogen-bond donors (Lipinski definition) is 1. The van der Waals surface area contributed by atoms with E-state index in [-0.39, 0.29) is 17.9 Å². The van der Waals surface area contributed by atoms with Crippen LogP contribution in [0.3, 0.4) is 0 Å². The summed E-state index contributed by atoms with van der Waals surface area (Å²) in [5.74, 6) is -0.349. The highest BCUT2D eigenvalue weighted by atomic mass is 16.2. The molecule has 0 unspecified atom stereocenters. The Hall–Kier alpha value is -3.56. The number of carbonyl (C=O) groups excluding carboxylic acids is 1. The Kier molecular flexibility index (Phi) is 5.21. The van der Waals surface area contributed by atoms with Gasteiger partial charge in [-0.25, -0.2) is 4.79 Å². The van der Waals surface area contributed by atoms with Gasteiger partial charge in [0, 0.05) is 19.2 Å². The summed E-state index contributed by atoms with van der Waals surface area (Å²) in [6.07, 6.45) is 0.625. The number of Topliss-reactive ketones (excluding diaryl/α,β-unsaturated/α-hetero) is 1. The zero-order valence-corrected chi connectivity index (χ0v) is 15.9. The molecule has 2 aromatic heterocycles. The molecule has 0 aliphatic carbocycles. The fraction of sp³-hybridized carbons (Fsp3) is 0.333. The highest BCUT2D eigenvalue weighted by molar-refractivity contribution is 5.99. The average Bonchev–Trinajstić information content (AvgIpc) is 3.12. The number of carbonyl (C=O) groups is 1. The van der Waals surface area contributed by atoms with Gasteiger partial charge in [-0.2, -0.15) is 4.80 Å². The van der Waals surface area contributed by atoms with Crippen molar-refractivity contribution in [3.05, 3.63) is 56.2 Å². The molecule has 1 aromatic carbocycles. The molecule has 0 spiro atoms. The summed E-state index contributed by atoms with van der Waals surface area (Å²) in [7, 11) is 1.32. The van der Waals surface area contributed by atoms with Gasteiger partial charge < -0.3 is 5.73 Å². The molecule has 0 radical (unpaired) electrons. The van der Waals surface area contributed by atoms with Gasteiger partial charge in [0.05, 0.1) is 0 Å². The molecule has 3 aromatic rings. The predicted molar refractivity (Wildman–Crippen MR) is 103 cm³/mol. The summed E-state index contributed by atoms with van der Waals surface area (Å²) in [6.45, 7) is 3.77. The molecular formula is C18H21N7O3. The van der Waals surface area contributed by atoms with Gasteiger partial charge in [0.15, 0.2) is 5.78 Å². The van der Waals surface area contributed by atoms with Gasteiger partial charge in [-0.1, -0.05) is 31.2 Å². The molecule has 0 fully saturated rings. The fourth-order valence-corrected chi connectivity index (χ4v) is 2.93. The zero-order valence-electron chi connectivity index (χ0n) is 15.9. The smallest absolute Gasteiger partial charge is 0.332 e. The van der Waals surface area contributed by atoms with Crippen molar-refractivity contribution in [2.45, 2.75) is 33.4 Å². The largest absolute Gasteiger partial charge is 0.384 e. The normalized spacial score (nSPS) is 11.0. The number of aromatic nitrogens is 6. The van der Waals surface area contributed by atoms with Gasteiger partial charge >= 0.3 is 5.69 Å². The van der Waals surface area contributed by atoms with Gasteiger partial charge in [0.25, 0.3) is 5.56 Å². The number of tetrazole rings is 1. The number of nitrogens with zero attached hydrogens (tertiary/aromatic N) is 6. The number of benzene rings is 1. The highest BCUT2D eigenvalue weighted by Crippen LogP contribution is 2.18. The quantitative estimate of drug-likeness (QED) is 0.609. The standard InChI is InChI=1S/C18H21N7O3/c1-4-9-24-15(19)14(17(27)23(3)18(24)28)13(26)10-25-21-16(20-22-25)12-8-6-5-7-11(12)2/h5-8H,4,9-10,19H2,1-3H3. The maximum Gasteiger partial charge on any atom is 0.332 e. The van der Waals surface area contributed by atoms with Crippen molar-refractivity contribution in [1.82, 2.24) is 29.3 Å². The second kappa shape index (κ2) is 7.59. The van der Waals surface area contributed by atoms with Crippen molar-refractivity contribution in [1.29, 1.82) is 0 Å². The van der Waals surface area contributed by atoms with Crippen molar-refractivity contribution in [2.75, 3.05) is 5.73 Å². The Labute approximate surface area is 160 Å². The van der Waals surface area contributed by atoms with E-state index in [0.717, 1.165) is 20.5 Å². The lowest BCUT2D eigenvalue weighted by atomic mass is 10.1. The number of hydrogen-bond acceptors (Lipinski definition) is 7. The SMILES string of the molecule is CCCn1c(N)c(C(=O)Cn2nnc(-c3ccccc3C)n2)c(=O)n(C)c1=O. The first kappa shape index (κ1) is 19.2. The third kappa shape index (κ3) is 3.36. The number of nitrogen functional groups attached to an aromatic ring is 1. The van der Waals surface area contributed by atoms with Crippen molar-refractivity contribution >= 4 is 11.6 Å². The molecule has 2 N–H and O–H groups in total. The van der Waals surface area contributed by atoms with E-state index in [0.29, 0.717) is 18.8 Å². The summed E-state index contributed by atoms with van der Waals surface area (Å²) in [5.41, 5.74) is 6.21. The lowest BCUT2D eigenvalue weighted by molar-refractivity contribution is 0.0959. The van der Waals surface area contributed by atoms with Gasteiger partial charge in [-0.05, 0) is 24.1 Å². The number of anilines is 1. The van der Waals surface area contributed by atoms with Gasteiger partial charge in [0.1, 0.15) is 17.9 Å². The van der Waals surface area contributed by atoms with Crippen molar-refractivity contribution in [3.8, 4) is 11.4 Å². The predicted octanol–water partition coefficient (Wildman–Crippen LogP) is 0.384. The van der Waals surface area contributed by atoms with E-state index in [1.807, 2.05) is 38.1 Å². The summed E-state index contributed by atoms with van der Waals surface area (Å²) in [4.78, 5) is 38.5. The lowest BCUT2D eigenvalue weighted by Gasteiger charge is -2.13. The van der Waals surface area contributed by atoms with E-state index in [1.165, 1.54) is 11.6 Å². The molecule has 0 saturated heterocycles. The molecule has 3 rings (SSSR count). The molecule has 146 valence electrons. The molecule has 2 heterocycles. The van der Waals surface area contributed by atoms with Crippen LogP contribution < -0.4 is 17.0 Å². The van der Waals surface area contributed by atoms with E-state index >= 15 is 0 Å². The molecule has 10 nitrogen and oxygen atoms in total.